The first-order chi connectivity index (χ1) is 9.27. The highest BCUT2D eigenvalue weighted by atomic mass is 127. The first kappa shape index (κ1) is 14.8. The molecule has 0 amide bonds. The number of piperidine rings is 1. The Morgan fingerprint density at radius 2 is 1.89 bits per heavy atom. The number of rotatable bonds is 5. The van der Waals surface area contributed by atoms with Crippen LogP contribution in [0.25, 0.3) is 0 Å². The maximum Gasteiger partial charge on any atom is 0.323 e. The Morgan fingerprint density at radius 3 is 2.58 bits per heavy atom. The highest BCUT2D eigenvalue weighted by Gasteiger charge is 2.18. The van der Waals surface area contributed by atoms with Gasteiger partial charge in [-0.25, -0.2) is 0 Å². The molecule has 19 heavy (non-hydrogen) atoms. The number of carbonyl (C=O) groups is 1. The predicted molar refractivity (Wildman–Crippen MR) is 84.5 cm³/mol. The fourth-order valence-corrected chi connectivity index (χ4v) is 2.88. The molecule has 1 aromatic rings. The molecule has 2 rings (SSSR count). The second-order valence-corrected chi connectivity index (χ2v) is 6.09. The molecule has 0 aliphatic carbocycles. The zero-order chi connectivity index (χ0) is 13.5. The average Bonchev–Trinajstić information content (AvgIpc) is 2.48. The number of halogens is 1. The molecule has 0 saturated carbocycles. The minimum absolute atomic E-state index is 0.135. The van der Waals surface area contributed by atoms with E-state index in [-0.39, 0.29) is 9.89 Å². The Bertz CT molecular complexity index is 390. The van der Waals surface area contributed by atoms with Gasteiger partial charge in [0.15, 0.2) is 0 Å². The van der Waals surface area contributed by atoms with Crippen molar-refractivity contribution in [3.8, 4) is 0 Å². The van der Waals surface area contributed by atoms with Crippen LogP contribution in [0, 0.1) is 0 Å². The van der Waals surface area contributed by atoms with Crippen LogP contribution in [-0.4, -0.2) is 37.1 Å². The van der Waals surface area contributed by atoms with E-state index in [0.717, 1.165) is 25.2 Å². The van der Waals surface area contributed by atoms with Crippen molar-refractivity contribution in [2.24, 2.45) is 0 Å². The second-order valence-electron chi connectivity index (χ2n) is 4.84. The minimum Gasteiger partial charge on any atom is -0.463 e. The summed E-state index contributed by atoms with van der Waals surface area (Å²) in [4.78, 5) is 14.3. The van der Waals surface area contributed by atoms with Crippen LogP contribution in [0.5, 0.6) is 0 Å². The molecular weight excluding hydrogens is 353 g/mol. The number of hydrogen-bond acceptors (Lipinski definition) is 3. The van der Waals surface area contributed by atoms with Crippen molar-refractivity contribution in [3.63, 3.8) is 0 Å². The van der Waals surface area contributed by atoms with E-state index in [1.54, 1.807) is 0 Å². The Balaban J connectivity index is 1.72. The zero-order valence-electron chi connectivity index (χ0n) is 11.1. The van der Waals surface area contributed by atoms with Gasteiger partial charge >= 0.3 is 5.97 Å². The molecule has 0 aromatic heterocycles. The minimum atomic E-state index is -0.208. The van der Waals surface area contributed by atoms with Crippen LogP contribution in [0.3, 0.4) is 0 Å². The molecule has 0 spiro atoms. The van der Waals surface area contributed by atoms with Crippen molar-refractivity contribution < 1.29 is 9.53 Å². The van der Waals surface area contributed by atoms with Gasteiger partial charge in [-0.15, -0.1) is 0 Å². The van der Waals surface area contributed by atoms with Crippen LogP contribution in [0.1, 0.15) is 28.8 Å². The lowest BCUT2D eigenvalue weighted by Crippen LogP contribution is -2.33. The lowest BCUT2D eigenvalue weighted by Gasteiger charge is -2.26. The first-order valence-electron chi connectivity index (χ1n) is 6.85. The van der Waals surface area contributed by atoms with Crippen LogP contribution in [-0.2, 0) is 9.53 Å². The smallest absolute Gasteiger partial charge is 0.323 e. The Labute approximate surface area is 128 Å². The van der Waals surface area contributed by atoms with E-state index >= 15 is 0 Å². The Morgan fingerprint density at radius 1 is 1.21 bits per heavy atom. The molecule has 0 bridgehead atoms. The summed E-state index contributed by atoms with van der Waals surface area (Å²) in [5, 5.41) is 0. The van der Waals surface area contributed by atoms with Crippen molar-refractivity contribution in [2.45, 2.75) is 23.2 Å². The topological polar surface area (TPSA) is 29.5 Å². The SMILES string of the molecule is O=C(OCCN1CCCCC1)C(I)c1ccccc1. The second kappa shape index (κ2) is 7.85. The van der Waals surface area contributed by atoms with Gasteiger partial charge < -0.3 is 4.74 Å². The summed E-state index contributed by atoms with van der Waals surface area (Å²) < 4.78 is 5.16. The van der Waals surface area contributed by atoms with Gasteiger partial charge in [0.25, 0.3) is 0 Å². The highest BCUT2D eigenvalue weighted by molar-refractivity contribution is 14.1. The molecule has 1 aliphatic heterocycles. The molecule has 104 valence electrons. The summed E-state index contributed by atoms with van der Waals surface area (Å²) in [6.07, 6.45) is 3.87. The molecule has 4 heteroatoms. The van der Waals surface area contributed by atoms with Crippen LogP contribution < -0.4 is 0 Å². The number of nitrogens with zero attached hydrogens (tertiary/aromatic N) is 1. The van der Waals surface area contributed by atoms with Crippen LogP contribution >= 0.6 is 22.6 Å². The summed E-state index contributed by atoms with van der Waals surface area (Å²) in [6, 6.07) is 9.77. The summed E-state index contributed by atoms with van der Waals surface area (Å²) in [6.45, 7) is 3.66. The highest BCUT2D eigenvalue weighted by Crippen LogP contribution is 2.24. The van der Waals surface area contributed by atoms with Gasteiger partial charge in [-0.2, -0.15) is 0 Å². The summed E-state index contributed by atoms with van der Waals surface area (Å²) in [5.41, 5.74) is 1.01. The molecule has 1 fully saturated rings. The third-order valence-corrected chi connectivity index (χ3v) is 4.63. The summed E-state index contributed by atoms with van der Waals surface area (Å²) >= 11 is 2.14. The lowest BCUT2D eigenvalue weighted by atomic mass is 10.1. The number of alkyl halides is 1. The molecule has 1 saturated heterocycles. The van der Waals surface area contributed by atoms with Gasteiger partial charge in [-0.3, -0.25) is 9.69 Å². The molecule has 1 aliphatic rings. The average molecular weight is 373 g/mol. The number of esters is 1. The zero-order valence-corrected chi connectivity index (χ0v) is 13.2. The summed E-state index contributed by atoms with van der Waals surface area (Å²) in [7, 11) is 0. The Hall–Kier alpha value is -0.620. The third kappa shape index (κ3) is 4.76. The van der Waals surface area contributed by atoms with Crippen molar-refractivity contribution in [3.05, 3.63) is 35.9 Å². The monoisotopic (exact) mass is 373 g/mol. The van der Waals surface area contributed by atoms with E-state index in [1.807, 2.05) is 30.3 Å². The molecule has 0 radical (unpaired) electrons. The number of carbonyl (C=O) groups excluding carboxylic acids is 1. The molecule has 0 N–H and O–H groups in total. The maximum absolute atomic E-state index is 11.9. The molecule has 1 unspecified atom stereocenters. The van der Waals surface area contributed by atoms with E-state index in [9.17, 15) is 4.79 Å². The van der Waals surface area contributed by atoms with Crippen LogP contribution in [0.2, 0.25) is 0 Å². The van der Waals surface area contributed by atoms with Gasteiger partial charge in [-0.05, 0) is 31.5 Å². The molecule has 3 nitrogen and oxygen atoms in total. The quantitative estimate of drug-likeness (QED) is 0.451. The molecule has 1 heterocycles. The first-order valence-corrected chi connectivity index (χ1v) is 8.10. The van der Waals surface area contributed by atoms with Gasteiger partial charge in [0.1, 0.15) is 10.5 Å². The number of ether oxygens (including phenoxy) is 1. The fraction of sp³-hybridized carbons (Fsp3) is 0.533. The fourth-order valence-electron chi connectivity index (χ4n) is 2.29. The normalized spacial score (nSPS) is 17.9. The van der Waals surface area contributed by atoms with E-state index in [2.05, 4.69) is 27.5 Å². The van der Waals surface area contributed by atoms with Gasteiger partial charge in [-0.1, -0.05) is 59.3 Å². The van der Waals surface area contributed by atoms with Crippen molar-refractivity contribution >= 4 is 28.6 Å². The van der Waals surface area contributed by atoms with E-state index in [1.165, 1.54) is 19.3 Å². The third-order valence-electron chi connectivity index (χ3n) is 3.40. The van der Waals surface area contributed by atoms with Crippen molar-refractivity contribution in [2.75, 3.05) is 26.2 Å². The standard InChI is InChI=1S/C15H20INO2/c16-14(13-7-3-1-4-8-13)15(18)19-12-11-17-9-5-2-6-10-17/h1,3-4,7-8,14H,2,5-6,9-12H2. The van der Waals surface area contributed by atoms with E-state index in [4.69, 9.17) is 4.74 Å². The lowest BCUT2D eigenvalue weighted by molar-refractivity contribution is -0.143. The Kier molecular flexibility index (Phi) is 6.10. The number of likely N-dealkylation sites (tertiary alicyclic amines) is 1. The van der Waals surface area contributed by atoms with E-state index in [0.29, 0.717) is 6.61 Å². The maximum atomic E-state index is 11.9. The van der Waals surface area contributed by atoms with Crippen LogP contribution in [0.15, 0.2) is 30.3 Å². The van der Waals surface area contributed by atoms with Crippen LogP contribution in [0.4, 0.5) is 0 Å². The van der Waals surface area contributed by atoms with Crippen molar-refractivity contribution in [1.29, 1.82) is 0 Å². The molecule has 1 atom stereocenters. The molecular formula is C15H20INO2. The van der Waals surface area contributed by atoms with E-state index < -0.39 is 0 Å². The molecule has 1 aromatic carbocycles. The van der Waals surface area contributed by atoms with Crippen molar-refractivity contribution in [1.82, 2.24) is 4.90 Å². The number of hydrogen-bond donors (Lipinski definition) is 0. The largest absolute Gasteiger partial charge is 0.463 e. The summed E-state index contributed by atoms with van der Waals surface area (Å²) in [5.74, 6) is -0.135. The van der Waals surface area contributed by atoms with Gasteiger partial charge in [0.05, 0.1) is 0 Å². The number of benzene rings is 1. The predicted octanol–water partition coefficient (Wildman–Crippen LogP) is 3.19. The van der Waals surface area contributed by atoms with Gasteiger partial charge in [0, 0.05) is 6.54 Å². The van der Waals surface area contributed by atoms with Gasteiger partial charge in [0.2, 0.25) is 0 Å².